The van der Waals surface area contributed by atoms with Crippen molar-refractivity contribution in [3.63, 3.8) is 0 Å². The number of aromatic nitrogens is 2. The van der Waals surface area contributed by atoms with E-state index in [-0.39, 0.29) is 11.8 Å². The molecule has 0 bridgehead atoms. The van der Waals surface area contributed by atoms with Gasteiger partial charge in [-0.1, -0.05) is 103 Å². The number of imide groups is 1. The predicted molar refractivity (Wildman–Crippen MR) is 152 cm³/mol. The van der Waals surface area contributed by atoms with Crippen LogP contribution in [-0.2, 0) is 11.8 Å². The zero-order valence-corrected chi connectivity index (χ0v) is 21.6. The van der Waals surface area contributed by atoms with Crippen molar-refractivity contribution in [1.82, 2.24) is 14.9 Å². The number of unbranched alkanes of at least 4 members (excludes halogenated alkanes) is 1. The van der Waals surface area contributed by atoms with Crippen LogP contribution in [0, 0.1) is 0 Å². The second-order valence-electron chi connectivity index (χ2n) is 9.85. The number of nitrogens with one attached hydrogen (secondary N) is 1. The number of carbonyl (C=O) groups is 2. The molecule has 0 aliphatic carbocycles. The number of amides is 2. The molecule has 5 heteroatoms. The van der Waals surface area contributed by atoms with Crippen molar-refractivity contribution < 1.29 is 9.59 Å². The van der Waals surface area contributed by atoms with Crippen LogP contribution in [0.1, 0.15) is 61.8 Å². The van der Waals surface area contributed by atoms with Crippen molar-refractivity contribution >= 4 is 11.8 Å². The lowest BCUT2D eigenvalue weighted by atomic mass is 9.69. The second kappa shape index (κ2) is 10.5. The highest BCUT2D eigenvalue weighted by atomic mass is 16.2. The normalized spacial score (nSPS) is 13.1. The summed E-state index contributed by atoms with van der Waals surface area (Å²) in [5.41, 5.74) is 4.75. The molecule has 0 saturated carbocycles. The zero-order chi connectivity index (χ0) is 26.7. The minimum absolute atomic E-state index is 0.198. The number of imidazole rings is 1. The van der Waals surface area contributed by atoms with Gasteiger partial charge in [0.2, 0.25) is 0 Å². The Labute approximate surface area is 228 Å². The maximum absolute atomic E-state index is 12.7. The van der Waals surface area contributed by atoms with Crippen LogP contribution >= 0.6 is 0 Å². The molecule has 1 aliphatic heterocycles. The van der Waals surface area contributed by atoms with E-state index in [4.69, 9.17) is 4.98 Å². The number of H-pyrrole nitrogens is 1. The lowest BCUT2D eigenvalue weighted by Crippen LogP contribution is -2.32. The number of aromatic amines is 1. The Morgan fingerprint density at radius 2 is 1.08 bits per heavy atom. The molecular weight excluding hydrogens is 482 g/mol. The van der Waals surface area contributed by atoms with E-state index in [0.29, 0.717) is 17.7 Å². The first kappa shape index (κ1) is 24.6. The van der Waals surface area contributed by atoms with E-state index in [1.54, 1.807) is 24.3 Å². The molecule has 0 atom stereocenters. The van der Waals surface area contributed by atoms with Gasteiger partial charge in [0.1, 0.15) is 11.2 Å². The minimum atomic E-state index is -0.609. The highest BCUT2D eigenvalue weighted by molar-refractivity contribution is 6.21. The molecule has 4 aromatic carbocycles. The molecule has 0 radical (unpaired) electrons. The number of benzene rings is 4. The monoisotopic (exact) mass is 511 g/mol. The number of fused-ring (bicyclic) bond motifs is 1. The molecule has 39 heavy (non-hydrogen) atoms. The average molecular weight is 512 g/mol. The summed E-state index contributed by atoms with van der Waals surface area (Å²) in [4.78, 5) is 35.4. The lowest BCUT2D eigenvalue weighted by molar-refractivity contribution is 0.0652. The van der Waals surface area contributed by atoms with Crippen molar-refractivity contribution in [2.45, 2.75) is 24.7 Å². The smallest absolute Gasteiger partial charge is 0.261 e. The van der Waals surface area contributed by atoms with Gasteiger partial charge in [0.05, 0.1) is 16.8 Å². The molecule has 1 N–H and O–H groups in total. The first-order valence-electron chi connectivity index (χ1n) is 13.4. The average Bonchev–Trinajstić information content (AvgIpc) is 3.56. The molecule has 0 fully saturated rings. The van der Waals surface area contributed by atoms with Crippen LogP contribution in [0.3, 0.4) is 0 Å². The third-order valence-electron chi connectivity index (χ3n) is 7.55. The summed E-state index contributed by atoms with van der Waals surface area (Å²) in [6.07, 6.45) is 4.26. The molecule has 5 aromatic rings. The van der Waals surface area contributed by atoms with Gasteiger partial charge < -0.3 is 4.98 Å². The van der Waals surface area contributed by atoms with Crippen LogP contribution in [0.2, 0.25) is 0 Å². The van der Waals surface area contributed by atoms with E-state index < -0.39 is 5.41 Å². The van der Waals surface area contributed by atoms with E-state index >= 15 is 0 Å². The predicted octanol–water partition coefficient (Wildman–Crippen LogP) is 6.41. The molecule has 6 rings (SSSR count). The third kappa shape index (κ3) is 4.36. The van der Waals surface area contributed by atoms with Crippen LogP contribution in [-0.4, -0.2) is 33.2 Å². The summed E-state index contributed by atoms with van der Waals surface area (Å²) >= 11 is 0. The Kier molecular flexibility index (Phi) is 6.64. The minimum Gasteiger partial charge on any atom is -0.347 e. The Bertz CT molecular complexity index is 1460. The molecule has 1 aliphatic rings. The number of nitrogens with zero attached hydrogens (tertiary/aromatic N) is 2. The van der Waals surface area contributed by atoms with Crippen molar-refractivity contribution in [2.24, 2.45) is 0 Å². The quantitative estimate of drug-likeness (QED) is 0.141. The van der Waals surface area contributed by atoms with Gasteiger partial charge in [0.25, 0.3) is 11.8 Å². The van der Waals surface area contributed by atoms with Crippen molar-refractivity contribution in [3.8, 4) is 0 Å². The molecule has 1 aromatic heterocycles. The summed E-state index contributed by atoms with van der Waals surface area (Å²) in [6.45, 7) is 0.408. The van der Waals surface area contributed by atoms with Gasteiger partial charge in [-0.15, -0.1) is 0 Å². The molecule has 0 unspecified atom stereocenters. The molecule has 2 amide bonds. The number of hydrogen-bond donors (Lipinski definition) is 1. The van der Waals surface area contributed by atoms with Crippen molar-refractivity contribution in [3.05, 3.63) is 161 Å². The van der Waals surface area contributed by atoms with Crippen LogP contribution in [0.4, 0.5) is 0 Å². The van der Waals surface area contributed by atoms with E-state index in [1.807, 2.05) is 24.4 Å². The molecule has 192 valence electrons. The Morgan fingerprint density at radius 3 is 1.56 bits per heavy atom. The van der Waals surface area contributed by atoms with Crippen molar-refractivity contribution in [2.75, 3.05) is 6.54 Å². The van der Waals surface area contributed by atoms with E-state index in [1.165, 1.54) is 4.90 Å². The standard InChI is InChI=1S/C34H29N3O2/c38-31-29-21-10-11-22-30(29)32(39)37(31)23-13-12-20-28-24-35-33(36-28)34(25-14-4-1-5-15-25,26-16-6-2-7-17-26)27-18-8-3-9-19-27/h1-11,14-19,21-22,24H,12-13,20,23H2,(H,35,36). The van der Waals surface area contributed by atoms with E-state index in [0.717, 1.165) is 47.5 Å². The maximum atomic E-state index is 12.7. The number of hydrogen-bond acceptors (Lipinski definition) is 3. The summed E-state index contributed by atoms with van der Waals surface area (Å²) in [5.74, 6) is 0.466. The highest BCUT2D eigenvalue weighted by Gasteiger charge is 2.41. The SMILES string of the molecule is O=C1c2ccccc2C(=O)N1CCCCc1c[nH]c(C(c2ccccc2)(c2ccccc2)c2ccccc2)n1. The number of carbonyl (C=O) groups excluding carboxylic acids is 2. The summed E-state index contributed by atoms with van der Waals surface area (Å²) < 4.78 is 0. The fourth-order valence-corrected chi connectivity index (χ4v) is 5.67. The van der Waals surface area contributed by atoms with Crippen LogP contribution in [0.5, 0.6) is 0 Å². The maximum Gasteiger partial charge on any atom is 0.261 e. The largest absolute Gasteiger partial charge is 0.347 e. The van der Waals surface area contributed by atoms with Crippen LogP contribution in [0.25, 0.3) is 0 Å². The van der Waals surface area contributed by atoms with Crippen molar-refractivity contribution in [1.29, 1.82) is 0 Å². The van der Waals surface area contributed by atoms with Crippen LogP contribution in [0.15, 0.2) is 121 Å². The lowest BCUT2D eigenvalue weighted by Gasteiger charge is -2.34. The first-order valence-corrected chi connectivity index (χ1v) is 13.4. The van der Waals surface area contributed by atoms with Gasteiger partial charge >= 0.3 is 0 Å². The number of aryl methyl sites for hydroxylation is 1. The third-order valence-corrected chi connectivity index (χ3v) is 7.55. The van der Waals surface area contributed by atoms with Gasteiger partial charge in [-0.2, -0.15) is 0 Å². The molecule has 0 saturated heterocycles. The molecule has 0 spiro atoms. The second-order valence-corrected chi connectivity index (χ2v) is 9.85. The topological polar surface area (TPSA) is 66.1 Å². The van der Waals surface area contributed by atoms with E-state index in [9.17, 15) is 9.59 Å². The zero-order valence-electron chi connectivity index (χ0n) is 21.6. The van der Waals surface area contributed by atoms with Gasteiger partial charge in [-0.05, 0) is 48.1 Å². The van der Waals surface area contributed by atoms with Gasteiger partial charge in [0, 0.05) is 12.7 Å². The van der Waals surface area contributed by atoms with Gasteiger partial charge in [0.15, 0.2) is 0 Å². The molecular formula is C34H29N3O2. The highest BCUT2D eigenvalue weighted by Crippen LogP contribution is 2.43. The Balaban J connectivity index is 1.26. The molecule has 2 heterocycles. The Hall–Kier alpha value is -4.77. The molecule has 5 nitrogen and oxygen atoms in total. The van der Waals surface area contributed by atoms with E-state index in [2.05, 4.69) is 77.8 Å². The van der Waals surface area contributed by atoms with Gasteiger partial charge in [-0.25, -0.2) is 4.98 Å². The summed E-state index contributed by atoms with van der Waals surface area (Å²) in [6, 6.07) is 38.5. The summed E-state index contributed by atoms with van der Waals surface area (Å²) in [7, 11) is 0. The fourth-order valence-electron chi connectivity index (χ4n) is 5.67. The van der Waals surface area contributed by atoms with Gasteiger partial charge in [-0.3, -0.25) is 14.5 Å². The summed E-state index contributed by atoms with van der Waals surface area (Å²) in [5, 5.41) is 0. The van der Waals surface area contributed by atoms with Crippen LogP contribution < -0.4 is 0 Å². The number of rotatable bonds is 9. The Morgan fingerprint density at radius 1 is 0.615 bits per heavy atom. The fraction of sp³-hybridized carbons (Fsp3) is 0.147. The first-order chi connectivity index (χ1) is 19.2.